The Morgan fingerprint density at radius 2 is 2.16 bits per heavy atom. The molecule has 0 saturated heterocycles. The molecule has 3 rings (SSSR count). The maximum absolute atomic E-state index is 12.1. The highest BCUT2D eigenvalue weighted by atomic mass is 32.1. The topological polar surface area (TPSA) is 68.0 Å². The van der Waals surface area contributed by atoms with Gasteiger partial charge in [-0.2, -0.15) is 4.98 Å². The van der Waals surface area contributed by atoms with E-state index in [0.717, 1.165) is 41.0 Å². The molecule has 0 radical (unpaired) electrons. The second kappa shape index (κ2) is 8.40. The van der Waals surface area contributed by atoms with Gasteiger partial charge in [-0.15, -0.1) is 22.7 Å². The van der Waals surface area contributed by atoms with Crippen LogP contribution in [0.5, 0.6) is 0 Å². The monoisotopic (exact) mass is 375 g/mol. The molecule has 0 fully saturated rings. The van der Waals surface area contributed by atoms with E-state index < -0.39 is 0 Å². The van der Waals surface area contributed by atoms with Gasteiger partial charge in [0, 0.05) is 22.7 Å². The lowest BCUT2D eigenvalue weighted by Crippen LogP contribution is -2.24. The quantitative estimate of drug-likeness (QED) is 0.583. The van der Waals surface area contributed by atoms with Gasteiger partial charge in [-0.05, 0) is 44.2 Å². The van der Waals surface area contributed by atoms with E-state index in [4.69, 9.17) is 4.52 Å². The fourth-order valence-electron chi connectivity index (χ4n) is 2.59. The molecule has 0 atom stereocenters. The van der Waals surface area contributed by atoms with E-state index in [-0.39, 0.29) is 5.91 Å². The van der Waals surface area contributed by atoms with Crippen LogP contribution in [-0.4, -0.2) is 22.6 Å². The standard InChI is InChI=1S/C18H21N3O2S2/c1-12-11-14(13(2)25-12)18(22)19-9-5-3-4-8-16-20-17(21-23-16)15-7-6-10-24-15/h6-7,10-11H,3-5,8-9H2,1-2H3,(H,19,22). The summed E-state index contributed by atoms with van der Waals surface area (Å²) in [4.78, 5) is 19.8. The Morgan fingerprint density at radius 3 is 2.88 bits per heavy atom. The molecule has 1 N–H and O–H groups in total. The van der Waals surface area contributed by atoms with Crippen LogP contribution in [0, 0.1) is 13.8 Å². The van der Waals surface area contributed by atoms with Crippen molar-refractivity contribution in [1.82, 2.24) is 15.5 Å². The number of aromatic nitrogens is 2. The highest BCUT2D eigenvalue weighted by molar-refractivity contribution is 7.13. The molecule has 0 aliphatic carbocycles. The molecule has 0 bridgehead atoms. The summed E-state index contributed by atoms with van der Waals surface area (Å²) in [5, 5.41) is 9.00. The molecule has 7 heteroatoms. The highest BCUT2D eigenvalue weighted by Crippen LogP contribution is 2.22. The van der Waals surface area contributed by atoms with Gasteiger partial charge < -0.3 is 9.84 Å². The van der Waals surface area contributed by atoms with E-state index in [1.54, 1.807) is 22.7 Å². The third kappa shape index (κ3) is 4.76. The minimum Gasteiger partial charge on any atom is -0.352 e. The molecule has 3 aromatic heterocycles. The molecule has 3 heterocycles. The predicted octanol–water partition coefficient (Wildman–Crippen LogP) is 4.62. The summed E-state index contributed by atoms with van der Waals surface area (Å²) >= 11 is 3.26. The Morgan fingerprint density at radius 1 is 1.28 bits per heavy atom. The average molecular weight is 376 g/mol. The van der Waals surface area contributed by atoms with Crippen molar-refractivity contribution in [3.63, 3.8) is 0 Å². The van der Waals surface area contributed by atoms with Crippen LogP contribution in [0.1, 0.15) is 45.3 Å². The van der Waals surface area contributed by atoms with Crippen LogP contribution >= 0.6 is 22.7 Å². The zero-order valence-electron chi connectivity index (χ0n) is 14.4. The molecule has 5 nitrogen and oxygen atoms in total. The Labute approximate surface area is 155 Å². The number of unbranched alkanes of at least 4 members (excludes halogenated alkanes) is 2. The minimum atomic E-state index is 0.0272. The van der Waals surface area contributed by atoms with Gasteiger partial charge in [0.1, 0.15) is 0 Å². The average Bonchev–Trinajstić information content (AvgIpc) is 3.31. The smallest absolute Gasteiger partial charge is 0.252 e. The number of amides is 1. The van der Waals surface area contributed by atoms with E-state index in [1.807, 2.05) is 37.4 Å². The summed E-state index contributed by atoms with van der Waals surface area (Å²) in [7, 11) is 0. The number of thiophene rings is 2. The second-order valence-corrected chi connectivity index (χ2v) is 8.29. The molecule has 3 aromatic rings. The first-order chi connectivity index (χ1) is 12.1. The van der Waals surface area contributed by atoms with Crippen LogP contribution in [0.2, 0.25) is 0 Å². The van der Waals surface area contributed by atoms with E-state index in [2.05, 4.69) is 15.5 Å². The van der Waals surface area contributed by atoms with E-state index in [0.29, 0.717) is 18.3 Å². The van der Waals surface area contributed by atoms with E-state index >= 15 is 0 Å². The lowest BCUT2D eigenvalue weighted by Gasteiger charge is -2.04. The first-order valence-corrected chi connectivity index (χ1v) is 10.0. The zero-order valence-corrected chi connectivity index (χ0v) is 16.0. The molecule has 0 saturated carbocycles. The number of hydrogen-bond acceptors (Lipinski definition) is 6. The molecule has 132 valence electrons. The third-order valence-electron chi connectivity index (χ3n) is 3.85. The van der Waals surface area contributed by atoms with Gasteiger partial charge in [0.05, 0.1) is 10.4 Å². The predicted molar refractivity (Wildman–Crippen MR) is 101 cm³/mol. The SMILES string of the molecule is Cc1cc(C(=O)NCCCCCc2nc(-c3cccs3)no2)c(C)s1. The van der Waals surface area contributed by atoms with Crippen molar-refractivity contribution < 1.29 is 9.32 Å². The molecule has 0 spiro atoms. The van der Waals surface area contributed by atoms with Gasteiger partial charge in [-0.3, -0.25) is 4.79 Å². The van der Waals surface area contributed by atoms with Gasteiger partial charge >= 0.3 is 0 Å². The third-order valence-corrected chi connectivity index (χ3v) is 5.68. The molecule has 0 aliphatic heterocycles. The Balaban J connectivity index is 1.34. The first-order valence-electron chi connectivity index (χ1n) is 8.35. The lowest BCUT2D eigenvalue weighted by molar-refractivity contribution is 0.0953. The van der Waals surface area contributed by atoms with Crippen molar-refractivity contribution in [2.24, 2.45) is 0 Å². The van der Waals surface area contributed by atoms with Crippen LogP contribution in [-0.2, 0) is 6.42 Å². The maximum atomic E-state index is 12.1. The van der Waals surface area contributed by atoms with Crippen LogP contribution < -0.4 is 5.32 Å². The number of rotatable bonds is 8. The minimum absolute atomic E-state index is 0.0272. The van der Waals surface area contributed by atoms with Gasteiger partial charge in [-0.1, -0.05) is 17.6 Å². The van der Waals surface area contributed by atoms with Crippen molar-refractivity contribution in [3.8, 4) is 10.7 Å². The highest BCUT2D eigenvalue weighted by Gasteiger charge is 2.11. The Bertz CT molecular complexity index is 821. The van der Waals surface area contributed by atoms with Crippen molar-refractivity contribution in [3.05, 3.63) is 44.8 Å². The number of hydrogen-bond donors (Lipinski definition) is 1. The largest absolute Gasteiger partial charge is 0.352 e. The zero-order chi connectivity index (χ0) is 17.6. The molecular weight excluding hydrogens is 354 g/mol. The Hall–Kier alpha value is -1.99. The van der Waals surface area contributed by atoms with Gasteiger partial charge in [0.15, 0.2) is 0 Å². The maximum Gasteiger partial charge on any atom is 0.252 e. The van der Waals surface area contributed by atoms with Crippen molar-refractivity contribution in [1.29, 1.82) is 0 Å². The van der Waals surface area contributed by atoms with Gasteiger partial charge in [0.2, 0.25) is 11.7 Å². The lowest BCUT2D eigenvalue weighted by atomic mass is 10.2. The summed E-state index contributed by atoms with van der Waals surface area (Å²) in [6.07, 6.45) is 3.70. The molecule has 0 aliphatic rings. The normalized spacial score (nSPS) is 11.0. The van der Waals surface area contributed by atoms with E-state index in [1.165, 1.54) is 4.88 Å². The molecule has 1 amide bonds. The van der Waals surface area contributed by atoms with Gasteiger partial charge in [-0.25, -0.2) is 0 Å². The van der Waals surface area contributed by atoms with Crippen LogP contribution in [0.3, 0.4) is 0 Å². The van der Waals surface area contributed by atoms with Gasteiger partial charge in [0.25, 0.3) is 5.91 Å². The van der Waals surface area contributed by atoms with Crippen LogP contribution in [0.25, 0.3) is 10.7 Å². The number of carbonyl (C=O) groups is 1. The first kappa shape index (κ1) is 17.8. The molecule has 25 heavy (non-hydrogen) atoms. The van der Waals surface area contributed by atoms with Crippen molar-refractivity contribution in [2.75, 3.05) is 6.54 Å². The van der Waals surface area contributed by atoms with Crippen LogP contribution in [0.15, 0.2) is 28.1 Å². The Kier molecular flexibility index (Phi) is 5.99. The number of nitrogens with zero attached hydrogens (tertiary/aromatic N) is 2. The number of carbonyl (C=O) groups excluding carboxylic acids is 1. The summed E-state index contributed by atoms with van der Waals surface area (Å²) in [5.74, 6) is 1.37. The fourth-order valence-corrected chi connectivity index (χ4v) is 4.16. The molecule has 0 aromatic carbocycles. The molecular formula is C18H21N3O2S2. The second-order valence-electron chi connectivity index (χ2n) is 5.88. The summed E-state index contributed by atoms with van der Waals surface area (Å²) < 4.78 is 5.28. The summed E-state index contributed by atoms with van der Waals surface area (Å²) in [5.41, 5.74) is 0.800. The summed E-state index contributed by atoms with van der Waals surface area (Å²) in [6.45, 7) is 4.70. The van der Waals surface area contributed by atoms with E-state index in [9.17, 15) is 4.79 Å². The number of nitrogens with one attached hydrogen (secondary N) is 1. The van der Waals surface area contributed by atoms with Crippen molar-refractivity contribution in [2.45, 2.75) is 39.5 Å². The molecule has 0 unspecified atom stereocenters. The van der Waals surface area contributed by atoms with Crippen LogP contribution in [0.4, 0.5) is 0 Å². The van der Waals surface area contributed by atoms with Crippen molar-refractivity contribution >= 4 is 28.6 Å². The fraction of sp³-hybridized carbons (Fsp3) is 0.389. The number of aryl methyl sites for hydroxylation is 3. The summed E-state index contributed by atoms with van der Waals surface area (Å²) in [6, 6.07) is 5.91.